The fraction of sp³-hybridized carbons (Fsp3) is 0.143. The van der Waals surface area contributed by atoms with Crippen LogP contribution in [0, 0.1) is 11.2 Å². The minimum absolute atomic E-state index is 0.0291. The van der Waals surface area contributed by atoms with Crippen LogP contribution in [-0.2, 0) is 9.57 Å². The smallest absolute Gasteiger partial charge is 0.263 e. The van der Waals surface area contributed by atoms with Crippen LogP contribution in [-0.4, -0.2) is 47.0 Å². The van der Waals surface area contributed by atoms with Crippen molar-refractivity contribution in [1.29, 1.82) is 5.41 Å². The molecule has 166 valence electrons. The second kappa shape index (κ2) is 11.0. The topological polar surface area (TPSA) is 119 Å². The fourth-order valence-electron chi connectivity index (χ4n) is 2.49. The van der Waals surface area contributed by atoms with Gasteiger partial charge in [-0.1, -0.05) is 41.0 Å². The van der Waals surface area contributed by atoms with Crippen LogP contribution in [0.5, 0.6) is 23.3 Å². The quantitative estimate of drug-likeness (QED) is 0.279. The van der Waals surface area contributed by atoms with Crippen molar-refractivity contribution in [2.75, 3.05) is 20.3 Å². The van der Waals surface area contributed by atoms with Crippen LogP contribution in [0.4, 0.5) is 4.39 Å². The predicted octanol–water partition coefficient (Wildman–Crippen LogP) is 4.19. The summed E-state index contributed by atoms with van der Waals surface area (Å²) in [6.07, 6.45) is 1.07. The molecule has 32 heavy (non-hydrogen) atoms. The first-order valence-electron chi connectivity index (χ1n) is 9.19. The molecule has 0 aliphatic carbocycles. The van der Waals surface area contributed by atoms with Gasteiger partial charge < -0.3 is 24.2 Å². The number of aliphatic hydroxyl groups is 1. The zero-order valence-corrected chi connectivity index (χ0v) is 17.5. The summed E-state index contributed by atoms with van der Waals surface area (Å²) < 4.78 is 31.2. The monoisotopic (exact) mass is 460 g/mol. The predicted molar refractivity (Wildman–Crippen MR) is 114 cm³/mol. The first-order valence-corrected chi connectivity index (χ1v) is 9.56. The average Bonchev–Trinajstić information content (AvgIpc) is 2.80. The highest BCUT2D eigenvalue weighted by atomic mass is 35.5. The number of ether oxygens (including phenoxy) is 3. The van der Waals surface area contributed by atoms with Crippen molar-refractivity contribution < 1.29 is 28.5 Å². The molecule has 0 aliphatic heterocycles. The normalized spacial score (nSPS) is 11.1. The lowest BCUT2D eigenvalue weighted by Crippen LogP contribution is -2.20. The highest BCUT2D eigenvalue weighted by Crippen LogP contribution is 2.33. The van der Waals surface area contributed by atoms with Gasteiger partial charge in [0.25, 0.3) is 11.8 Å². The van der Waals surface area contributed by atoms with Crippen LogP contribution in [0.2, 0.25) is 5.02 Å². The number of hydrogen-bond acceptors (Lipinski definition) is 9. The first kappa shape index (κ1) is 22.9. The van der Waals surface area contributed by atoms with E-state index < -0.39 is 11.7 Å². The Morgan fingerprint density at radius 3 is 2.34 bits per heavy atom. The molecule has 9 nitrogen and oxygen atoms in total. The molecule has 0 saturated heterocycles. The van der Waals surface area contributed by atoms with Crippen LogP contribution in [0.1, 0.15) is 5.56 Å². The highest BCUT2D eigenvalue weighted by molar-refractivity contribution is 6.44. The molecule has 11 heteroatoms. The van der Waals surface area contributed by atoms with Gasteiger partial charge in [-0.3, -0.25) is 5.41 Å². The lowest BCUT2D eigenvalue weighted by molar-refractivity contribution is 0.192. The summed E-state index contributed by atoms with van der Waals surface area (Å²) >= 11 is 6.05. The molecule has 2 aromatic carbocycles. The lowest BCUT2D eigenvalue weighted by atomic mass is 10.1. The Labute approximate surface area is 187 Å². The summed E-state index contributed by atoms with van der Waals surface area (Å²) in [7, 11) is 1.30. The van der Waals surface area contributed by atoms with E-state index >= 15 is 4.39 Å². The van der Waals surface area contributed by atoms with E-state index in [-0.39, 0.29) is 52.8 Å². The molecule has 1 aromatic heterocycles. The van der Waals surface area contributed by atoms with Gasteiger partial charge in [0.1, 0.15) is 31.5 Å². The maximum Gasteiger partial charge on any atom is 0.263 e. The molecule has 2 N–H and O–H groups in total. The van der Waals surface area contributed by atoms with Crippen LogP contribution in [0.25, 0.3) is 0 Å². The van der Waals surface area contributed by atoms with Crippen molar-refractivity contribution in [3.05, 3.63) is 71.3 Å². The van der Waals surface area contributed by atoms with Crippen LogP contribution in [0.15, 0.2) is 60.0 Å². The first-order chi connectivity index (χ1) is 15.5. The minimum atomic E-state index is -0.959. The van der Waals surface area contributed by atoms with Crippen molar-refractivity contribution in [1.82, 2.24) is 9.97 Å². The largest absolute Gasteiger partial charge is 0.474 e. The Balaban J connectivity index is 1.92. The van der Waals surface area contributed by atoms with E-state index in [1.54, 1.807) is 42.5 Å². The Hall–Kier alpha value is -3.76. The summed E-state index contributed by atoms with van der Waals surface area (Å²) in [5.74, 6) is -1.81. The summed E-state index contributed by atoms with van der Waals surface area (Å²) in [6.45, 7) is -0.408. The molecule has 0 unspecified atom stereocenters. The van der Waals surface area contributed by atoms with Crippen molar-refractivity contribution in [3.63, 3.8) is 0 Å². The third-order valence-electron chi connectivity index (χ3n) is 3.85. The number of nitrogens with zero attached hydrogens (tertiary/aromatic N) is 3. The molecule has 0 amide bonds. The number of rotatable bonds is 9. The Morgan fingerprint density at radius 2 is 1.69 bits per heavy atom. The standard InChI is InChI=1S/C21H18ClFN4O5/c1-29-27-18(19(24)30-11-10-28)13-6-2-4-8-15(13)31-20-17(23)21(26-12-25-20)32-16-9-5-3-7-14(16)22/h2-9,12,24,28H,10-11H2,1H3/b24-19?,27-18-. The van der Waals surface area contributed by atoms with Crippen LogP contribution < -0.4 is 9.47 Å². The highest BCUT2D eigenvalue weighted by Gasteiger charge is 2.21. The number of aromatic nitrogens is 2. The van der Waals surface area contributed by atoms with Gasteiger partial charge in [-0.25, -0.2) is 0 Å². The molecule has 1 heterocycles. The van der Waals surface area contributed by atoms with Crippen molar-refractivity contribution >= 4 is 23.2 Å². The van der Waals surface area contributed by atoms with Crippen LogP contribution >= 0.6 is 11.6 Å². The van der Waals surface area contributed by atoms with Crippen LogP contribution in [0.3, 0.4) is 0 Å². The molecular weight excluding hydrogens is 443 g/mol. The van der Waals surface area contributed by atoms with Gasteiger partial charge in [-0.15, -0.1) is 0 Å². The molecule has 0 radical (unpaired) electrons. The molecular formula is C21H18ClFN4O5. The lowest BCUT2D eigenvalue weighted by Gasteiger charge is -2.14. The molecule has 0 bridgehead atoms. The number of benzene rings is 2. The van der Waals surface area contributed by atoms with E-state index in [9.17, 15) is 0 Å². The zero-order chi connectivity index (χ0) is 22.9. The maximum atomic E-state index is 15.0. The molecule has 0 fully saturated rings. The third-order valence-corrected chi connectivity index (χ3v) is 4.17. The van der Waals surface area contributed by atoms with Crippen molar-refractivity contribution in [3.8, 4) is 23.3 Å². The van der Waals surface area contributed by atoms with E-state index in [1.165, 1.54) is 13.2 Å². The third kappa shape index (κ3) is 5.48. The van der Waals surface area contributed by atoms with Gasteiger partial charge >= 0.3 is 0 Å². The summed E-state index contributed by atoms with van der Waals surface area (Å²) in [6, 6.07) is 12.9. The molecule has 0 saturated carbocycles. The van der Waals surface area contributed by atoms with E-state index in [0.29, 0.717) is 0 Å². The zero-order valence-electron chi connectivity index (χ0n) is 16.8. The summed E-state index contributed by atoms with van der Waals surface area (Å²) in [4.78, 5) is 12.4. The molecule has 0 spiro atoms. The summed E-state index contributed by atoms with van der Waals surface area (Å²) in [5.41, 5.74) is 0.238. The van der Waals surface area contributed by atoms with Gasteiger partial charge in [0.15, 0.2) is 5.71 Å². The molecule has 0 aliphatic rings. The second-order valence-electron chi connectivity index (χ2n) is 5.95. The molecule has 3 aromatic rings. The van der Waals surface area contributed by atoms with Crippen molar-refractivity contribution in [2.24, 2.45) is 5.16 Å². The maximum absolute atomic E-state index is 15.0. The average molecular weight is 461 g/mol. The number of para-hydroxylation sites is 2. The van der Waals surface area contributed by atoms with Gasteiger partial charge in [0, 0.05) is 0 Å². The SMILES string of the molecule is CO/N=C(\C(=N)OCCO)c1ccccc1Oc1ncnc(Oc2ccccc2Cl)c1F. The van der Waals surface area contributed by atoms with Gasteiger partial charge in [-0.2, -0.15) is 14.4 Å². The van der Waals surface area contributed by atoms with E-state index in [1.807, 2.05) is 0 Å². The minimum Gasteiger partial charge on any atom is -0.474 e. The summed E-state index contributed by atoms with van der Waals surface area (Å²) in [5, 5.41) is 21.1. The van der Waals surface area contributed by atoms with Crippen molar-refractivity contribution in [2.45, 2.75) is 0 Å². The van der Waals surface area contributed by atoms with E-state index in [2.05, 4.69) is 15.1 Å². The number of aliphatic hydroxyl groups excluding tert-OH is 1. The number of oxime groups is 1. The molecule has 3 rings (SSSR count). The van der Waals surface area contributed by atoms with Gasteiger partial charge in [-0.05, 0) is 24.3 Å². The number of halogens is 2. The number of hydrogen-bond donors (Lipinski definition) is 2. The van der Waals surface area contributed by atoms with E-state index in [4.69, 9.17) is 41.2 Å². The van der Waals surface area contributed by atoms with Gasteiger partial charge in [0.05, 0.1) is 17.2 Å². The Bertz CT molecular complexity index is 1130. The molecule has 0 atom stereocenters. The fourth-order valence-corrected chi connectivity index (χ4v) is 2.66. The Morgan fingerprint density at radius 1 is 1.06 bits per heavy atom. The Kier molecular flexibility index (Phi) is 7.90. The van der Waals surface area contributed by atoms with E-state index in [0.717, 1.165) is 6.33 Å². The van der Waals surface area contributed by atoms with Gasteiger partial charge in [0.2, 0.25) is 11.7 Å². The number of nitrogens with one attached hydrogen (secondary N) is 1. The second-order valence-corrected chi connectivity index (χ2v) is 6.36.